The van der Waals surface area contributed by atoms with Crippen molar-refractivity contribution in [1.29, 1.82) is 0 Å². The fourth-order valence-electron chi connectivity index (χ4n) is 2.28. The van der Waals surface area contributed by atoms with E-state index in [4.69, 9.17) is 11.5 Å². The number of carbonyl (C=O) groups is 1. The van der Waals surface area contributed by atoms with Crippen LogP contribution < -0.4 is 16.8 Å². The van der Waals surface area contributed by atoms with Crippen LogP contribution in [0.15, 0.2) is 12.3 Å². The molecule has 0 spiro atoms. The van der Waals surface area contributed by atoms with Crippen LogP contribution in [-0.4, -0.2) is 15.9 Å². The van der Waals surface area contributed by atoms with E-state index < -0.39 is 5.91 Å². The number of hydrogen-bond donors (Lipinski definition) is 3. The van der Waals surface area contributed by atoms with E-state index in [0.29, 0.717) is 11.5 Å². The summed E-state index contributed by atoms with van der Waals surface area (Å²) in [4.78, 5) is 21.4. The second-order valence-corrected chi connectivity index (χ2v) is 5.83. The normalized spacial score (nSPS) is 13.8. The van der Waals surface area contributed by atoms with Gasteiger partial charge in [-0.05, 0) is 31.7 Å². The van der Waals surface area contributed by atoms with E-state index in [1.54, 1.807) is 11.3 Å². The monoisotopic (exact) mass is 289 g/mol. The minimum Gasteiger partial charge on any atom is -0.397 e. The molecule has 0 aliphatic heterocycles. The maximum atomic E-state index is 11.4. The van der Waals surface area contributed by atoms with Crippen molar-refractivity contribution in [2.75, 3.05) is 11.1 Å². The van der Waals surface area contributed by atoms with Crippen LogP contribution in [0.3, 0.4) is 0 Å². The zero-order valence-electron chi connectivity index (χ0n) is 10.8. The van der Waals surface area contributed by atoms with Gasteiger partial charge in [-0.2, -0.15) is 0 Å². The Morgan fingerprint density at radius 1 is 1.35 bits per heavy atom. The number of thiazole rings is 1. The fraction of sp³-hybridized carbons (Fsp3) is 0.308. The first kappa shape index (κ1) is 12.9. The highest BCUT2D eigenvalue weighted by molar-refractivity contribution is 7.15. The number of nitrogens with one attached hydrogen (secondary N) is 1. The van der Waals surface area contributed by atoms with Crippen molar-refractivity contribution >= 4 is 33.9 Å². The van der Waals surface area contributed by atoms with Gasteiger partial charge in [0, 0.05) is 4.88 Å². The topological polar surface area (TPSA) is 107 Å². The molecule has 20 heavy (non-hydrogen) atoms. The molecule has 0 unspecified atom stereocenters. The Morgan fingerprint density at radius 2 is 2.15 bits per heavy atom. The van der Waals surface area contributed by atoms with Crippen LogP contribution in [-0.2, 0) is 12.8 Å². The average Bonchev–Trinajstić information content (AvgIpc) is 2.82. The molecule has 0 atom stereocenters. The molecule has 3 rings (SSSR count). The lowest BCUT2D eigenvalue weighted by atomic mass is 10.0. The largest absolute Gasteiger partial charge is 0.397 e. The lowest BCUT2D eigenvalue weighted by Crippen LogP contribution is -2.14. The Morgan fingerprint density at radius 3 is 2.90 bits per heavy atom. The highest BCUT2D eigenvalue weighted by Crippen LogP contribution is 2.31. The first-order valence-corrected chi connectivity index (χ1v) is 7.26. The predicted octanol–water partition coefficient (Wildman–Crippen LogP) is 1.84. The Bertz CT molecular complexity index is 643. The number of nitrogen functional groups attached to an aromatic ring is 1. The van der Waals surface area contributed by atoms with Gasteiger partial charge in [-0.3, -0.25) is 4.79 Å². The Kier molecular flexibility index (Phi) is 3.27. The van der Waals surface area contributed by atoms with Crippen LogP contribution in [0.5, 0.6) is 0 Å². The lowest BCUT2D eigenvalue weighted by molar-refractivity contribution is 0.100. The van der Waals surface area contributed by atoms with E-state index in [-0.39, 0.29) is 5.56 Å². The van der Waals surface area contributed by atoms with E-state index in [0.717, 1.165) is 23.7 Å². The minimum absolute atomic E-state index is 0.276. The molecule has 0 radical (unpaired) electrons. The molecule has 0 fully saturated rings. The van der Waals surface area contributed by atoms with Crippen molar-refractivity contribution in [3.8, 4) is 0 Å². The summed E-state index contributed by atoms with van der Waals surface area (Å²) in [7, 11) is 0. The summed E-state index contributed by atoms with van der Waals surface area (Å²) in [5.41, 5.74) is 12.8. The van der Waals surface area contributed by atoms with E-state index in [9.17, 15) is 4.79 Å². The molecule has 2 heterocycles. The SMILES string of the molecule is NC(=O)c1cc(N)cnc1Nc1nc2c(s1)CCCC2. The van der Waals surface area contributed by atoms with Crippen molar-refractivity contribution in [1.82, 2.24) is 9.97 Å². The molecular formula is C13H15N5OS. The van der Waals surface area contributed by atoms with Gasteiger partial charge >= 0.3 is 0 Å². The maximum absolute atomic E-state index is 11.4. The Balaban J connectivity index is 1.91. The van der Waals surface area contributed by atoms with Gasteiger partial charge in [0.15, 0.2) is 5.13 Å². The second kappa shape index (κ2) is 5.09. The highest BCUT2D eigenvalue weighted by Gasteiger charge is 2.17. The summed E-state index contributed by atoms with van der Waals surface area (Å²) in [5, 5.41) is 3.83. The summed E-state index contributed by atoms with van der Waals surface area (Å²) in [5.74, 6) is -0.161. The number of amides is 1. The van der Waals surface area contributed by atoms with Crippen molar-refractivity contribution < 1.29 is 4.79 Å². The highest BCUT2D eigenvalue weighted by atomic mass is 32.1. The van der Waals surface area contributed by atoms with Gasteiger partial charge < -0.3 is 16.8 Å². The maximum Gasteiger partial charge on any atom is 0.252 e. The van der Waals surface area contributed by atoms with Gasteiger partial charge in [0.05, 0.1) is 23.1 Å². The van der Waals surface area contributed by atoms with Gasteiger partial charge in [0.1, 0.15) is 5.82 Å². The van der Waals surface area contributed by atoms with Gasteiger partial charge in [0.2, 0.25) is 0 Å². The van der Waals surface area contributed by atoms with Gasteiger partial charge in [0.25, 0.3) is 5.91 Å². The zero-order chi connectivity index (χ0) is 14.1. The smallest absolute Gasteiger partial charge is 0.252 e. The van der Waals surface area contributed by atoms with E-state index in [2.05, 4.69) is 15.3 Å². The van der Waals surface area contributed by atoms with Gasteiger partial charge in [-0.15, -0.1) is 11.3 Å². The number of fused-ring (bicyclic) bond motifs is 1. The molecule has 104 valence electrons. The molecule has 0 aromatic carbocycles. The quantitative estimate of drug-likeness (QED) is 0.799. The predicted molar refractivity (Wildman–Crippen MR) is 79.2 cm³/mol. The lowest BCUT2D eigenvalue weighted by Gasteiger charge is -2.07. The molecular weight excluding hydrogens is 274 g/mol. The molecule has 1 aliphatic rings. The van der Waals surface area contributed by atoms with Crippen molar-refractivity contribution in [3.63, 3.8) is 0 Å². The molecule has 2 aromatic heterocycles. The van der Waals surface area contributed by atoms with Crippen molar-refractivity contribution in [2.45, 2.75) is 25.7 Å². The van der Waals surface area contributed by atoms with Gasteiger partial charge in [-0.1, -0.05) is 0 Å². The fourth-order valence-corrected chi connectivity index (χ4v) is 3.32. The van der Waals surface area contributed by atoms with Crippen molar-refractivity contribution in [2.24, 2.45) is 5.73 Å². The third-order valence-corrected chi connectivity index (χ3v) is 4.32. The number of nitrogens with zero attached hydrogens (tertiary/aromatic N) is 2. The molecule has 5 N–H and O–H groups in total. The number of primary amides is 1. The Hall–Kier alpha value is -2.15. The first-order chi connectivity index (χ1) is 9.63. The number of anilines is 3. The molecule has 0 saturated carbocycles. The molecule has 2 aromatic rings. The number of aryl methyl sites for hydroxylation is 2. The van der Waals surface area contributed by atoms with E-state index >= 15 is 0 Å². The van der Waals surface area contributed by atoms with Crippen LogP contribution in [0.1, 0.15) is 33.8 Å². The number of pyridine rings is 1. The van der Waals surface area contributed by atoms with Crippen LogP contribution in [0.25, 0.3) is 0 Å². The van der Waals surface area contributed by atoms with E-state index in [1.807, 2.05) is 0 Å². The summed E-state index contributed by atoms with van der Waals surface area (Å²) in [6.45, 7) is 0. The molecule has 0 bridgehead atoms. The van der Waals surface area contributed by atoms with Crippen LogP contribution >= 0.6 is 11.3 Å². The first-order valence-electron chi connectivity index (χ1n) is 6.44. The number of aromatic nitrogens is 2. The zero-order valence-corrected chi connectivity index (χ0v) is 11.7. The van der Waals surface area contributed by atoms with Crippen LogP contribution in [0, 0.1) is 0 Å². The summed E-state index contributed by atoms with van der Waals surface area (Å²) >= 11 is 1.61. The second-order valence-electron chi connectivity index (χ2n) is 4.75. The summed E-state index contributed by atoms with van der Waals surface area (Å²) in [6, 6.07) is 1.52. The van der Waals surface area contributed by atoms with Crippen molar-refractivity contribution in [3.05, 3.63) is 28.4 Å². The number of rotatable bonds is 3. The minimum atomic E-state index is -0.561. The Labute approximate surface area is 120 Å². The molecule has 0 saturated heterocycles. The molecule has 1 amide bonds. The number of nitrogens with two attached hydrogens (primary N) is 2. The number of hydrogen-bond acceptors (Lipinski definition) is 6. The molecule has 1 aliphatic carbocycles. The average molecular weight is 289 g/mol. The standard InChI is InChI=1S/C13H15N5OS/c14-7-5-8(11(15)19)12(16-6-7)18-13-17-9-3-1-2-4-10(9)20-13/h5-6H,1-4,14H2,(H2,15,19)(H,16,17,18). The third kappa shape index (κ3) is 2.44. The van der Waals surface area contributed by atoms with Crippen LogP contribution in [0.2, 0.25) is 0 Å². The number of carbonyl (C=O) groups excluding carboxylic acids is 1. The van der Waals surface area contributed by atoms with Gasteiger partial charge in [-0.25, -0.2) is 9.97 Å². The van der Waals surface area contributed by atoms with E-state index in [1.165, 1.54) is 30.0 Å². The third-order valence-electron chi connectivity index (χ3n) is 3.25. The molecule has 6 nitrogen and oxygen atoms in total. The molecule has 7 heteroatoms. The summed E-state index contributed by atoms with van der Waals surface area (Å²) in [6.07, 6.45) is 5.98. The summed E-state index contributed by atoms with van der Waals surface area (Å²) < 4.78 is 0. The van der Waals surface area contributed by atoms with Crippen LogP contribution in [0.4, 0.5) is 16.6 Å².